The van der Waals surface area contributed by atoms with Crippen molar-refractivity contribution in [3.63, 3.8) is 0 Å². The maximum absolute atomic E-state index is 6.19. The first-order valence-corrected chi connectivity index (χ1v) is 6.08. The number of nitrogens with two attached hydrogens (primary N) is 1. The lowest BCUT2D eigenvalue weighted by atomic mass is 10.1. The van der Waals surface area contributed by atoms with Crippen LogP contribution in [0.15, 0.2) is 42.6 Å². The lowest BCUT2D eigenvalue weighted by Gasteiger charge is -2.01. The molecule has 0 amide bonds. The first-order valence-electron chi connectivity index (χ1n) is 6.08. The second kappa shape index (κ2) is 4.31. The lowest BCUT2D eigenvalue weighted by molar-refractivity contribution is 0.417. The number of methoxy groups -OCH3 is 1. The Labute approximate surface area is 111 Å². The number of benzene rings is 1. The third kappa shape index (κ3) is 1.81. The molecule has 0 spiro atoms. The summed E-state index contributed by atoms with van der Waals surface area (Å²) in [7, 11) is 1.63. The van der Waals surface area contributed by atoms with Crippen LogP contribution in [0.1, 0.15) is 5.56 Å². The van der Waals surface area contributed by atoms with E-state index in [-0.39, 0.29) is 0 Å². The highest BCUT2D eigenvalue weighted by molar-refractivity contribution is 5.77. The van der Waals surface area contributed by atoms with Gasteiger partial charge in [-0.25, -0.2) is 4.98 Å². The molecule has 4 nitrogen and oxygen atoms in total. The Morgan fingerprint density at radius 3 is 2.79 bits per heavy atom. The van der Waals surface area contributed by atoms with Crippen molar-refractivity contribution in [3.05, 3.63) is 48.2 Å². The van der Waals surface area contributed by atoms with Crippen molar-refractivity contribution in [2.45, 2.75) is 6.92 Å². The zero-order valence-corrected chi connectivity index (χ0v) is 10.9. The van der Waals surface area contributed by atoms with E-state index in [2.05, 4.69) is 24.0 Å². The normalized spacial score (nSPS) is 10.8. The van der Waals surface area contributed by atoms with Gasteiger partial charge in [0, 0.05) is 11.8 Å². The average Bonchev–Trinajstić information content (AvgIpc) is 2.76. The number of anilines is 1. The van der Waals surface area contributed by atoms with Crippen LogP contribution in [0.3, 0.4) is 0 Å². The van der Waals surface area contributed by atoms with Gasteiger partial charge < -0.3 is 10.5 Å². The summed E-state index contributed by atoms with van der Waals surface area (Å²) in [6.45, 7) is 2.05. The maximum atomic E-state index is 6.19. The summed E-state index contributed by atoms with van der Waals surface area (Å²) < 4.78 is 7.16. The molecule has 2 heterocycles. The summed E-state index contributed by atoms with van der Waals surface area (Å²) in [5, 5.41) is 0. The Balaban J connectivity index is 2.28. The molecule has 0 unspecified atom stereocenters. The van der Waals surface area contributed by atoms with Crippen LogP contribution >= 0.6 is 0 Å². The predicted octanol–water partition coefficient (Wildman–Crippen LogP) is 2.90. The van der Waals surface area contributed by atoms with Crippen molar-refractivity contribution < 1.29 is 4.74 Å². The summed E-state index contributed by atoms with van der Waals surface area (Å²) in [6, 6.07) is 11.9. The van der Waals surface area contributed by atoms with Gasteiger partial charge in [-0.3, -0.25) is 4.40 Å². The van der Waals surface area contributed by atoms with Crippen molar-refractivity contribution in [3.8, 4) is 17.0 Å². The molecule has 0 atom stereocenters. The number of hydrogen-bond donors (Lipinski definition) is 1. The molecule has 2 N–H and O–H groups in total. The Bertz CT molecular complexity index is 746. The van der Waals surface area contributed by atoms with E-state index in [1.165, 1.54) is 5.56 Å². The Hall–Kier alpha value is -2.49. The quantitative estimate of drug-likeness (QED) is 0.764. The highest BCUT2D eigenvalue weighted by atomic mass is 16.5. The molecule has 0 radical (unpaired) electrons. The number of hydrogen-bond acceptors (Lipinski definition) is 3. The Kier molecular flexibility index (Phi) is 2.63. The van der Waals surface area contributed by atoms with Gasteiger partial charge in [0.15, 0.2) is 11.4 Å². The number of aromatic nitrogens is 2. The molecule has 0 aliphatic heterocycles. The van der Waals surface area contributed by atoms with Gasteiger partial charge in [0.2, 0.25) is 0 Å². The van der Waals surface area contributed by atoms with Gasteiger partial charge in [-0.1, -0.05) is 23.8 Å². The van der Waals surface area contributed by atoms with Crippen LogP contribution in [-0.2, 0) is 0 Å². The van der Waals surface area contributed by atoms with Crippen LogP contribution in [0, 0.1) is 6.92 Å². The molecule has 0 saturated heterocycles. The van der Waals surface area contributed by atoms with E-state index in [4.69, 9.17) is 10.5 Å². The van der Waals surface area contributed by atoms with Gasteiger partial charge >= 0.3 is 0 Å². The van der Waals surface area contributed by atoms with Crippen LogP contribution in [0.2, 0.25) is 0 Å². The molecule has 96 valence electrons. The monoisotopic (exact) mass is 253 g/mol. The van der Waals surface area contributed by atoms with E-state index in [1.54, 1.807) is 7.11 Å². The van der Waals surface area contributed by atoms with Crippen molar-refractivity contribution in [2.75, 3.05) is 12.8 Å². The molecular formula is C15H15N3O. The molecule has 0 aliphatic carbocycles. The van der Waals surface area contributed by atoms with E-state index < -0.39 is 0 Å². The molecule has 2 aromatic heterocycles. The molecular weight excluding hydrogens is 238 g/mol. The fourth-order valence-electron chi connectivity index (χ4n) is 2.23. The number of imidazole rings is 1. The predicted molar refractivity (Wildman–Crippen MR) is 76.3 cm³/mol. The molecule has 0 bridgehead atoms. The van der Waals surface area contributed by atoms with Gasteiger partial charge in [-0.2, -0.15) is 0 Å². The van der Waals surface area contributed by atoms with Gasteiger partial charge in [-0.15, -0.1) is 0 Å². The number of ether oxygens (including phenoxy) is 1. The Morgan fingerprint density at radius 1 is 1.21 bits per heavy atom. The fraction of sp³-hybridized carbons (Fsp3) is 0.133. The molecule has 4 heteroatoms. The van der Waals surface area contributed by atoms with Crippen molar-refractivity contribution in [1.82, 2.24) is 9.38 Å². The fourth-order valence-corrected chi connectivity index (χ4v) is 2.23. The Morgan fingerprint density at radius 2 is 2.05 bits per heavy atom. The van der Waals surface area contributed by atoms with E-state index in [0.29, 0.717) is 11.6 Å². The highest BCUT2D eigenvalue weighted by Crippen LogP contribution is 2.30. The smallest absolute Gasteiger partial charge is 0.181 e. The summed E-state index contributed by atoms with van der Waals surface area (Å²) >= 11 is 0. The van der Waals surface area contributed by atoms with E-state index >= 15 is 0 Å². The van der Waals surface area contributed by atoms with Crippen molar-refractivity contribution >= 4 is 11.5 Å². The van der Waals surface area contributed by atoms with Gasteiger partial charge in [0.1, 0.15) is 11.5 Å². The van der Waals surface area contributed by atoms with E-state index in [0.717, 1.165) is 16.9 Å². The van der Waals surface area contributed by atoms with Crippen LogP contribution in [0.4, 0.5) is 5.82 Å². The van der Waals surface area contributed by atoms with Gasteiger partial charge in [-0.05, 0) is 25.1 Å². The van der Waals surface area contributed by atoms with Crippen molar-refractivity contribution in [1.29, 1.82) is 0 Å². The summed E-state index contributed by atoms with van der Waals surface area (Å²) in [6.07, 6.45) is 1.89. The molecule has 19 heavy (non-hydrogen) atoms. The molecule has 1 aromatic carbocycles. The maximum Gasteiger partial charge on any atom is 0.181 e. The molecule has 3 aromatic rings. The average molecular weight is 253 g/mol. The summed E-state index contributed by atoms with van der Waals surface area (Å²) in [5.74, 6) is 1.34. The highest BCUT2D eigenvalue weighted by Gasteiger charge is 2.13. The van der Waals surface area contributed by atoms with Gasteiger partial charge in [0.05, 0.1) is 7.11 Å². The largest absolute Gasteiger partial charge is 0.493 e. The molecule has 3 rings (SSSR count). The molecule has 0 fully saturated rings. The van der Waals surface area contributed by atoms with Crippen molar-refractivity contribution in [2.24, 2.45) is 0 Å². The topological polar surface area (TPSA) is 52.5 Å². The van der Waals surface area contributed by atoms with E-state index in [1.807, 2.05) is 34.9 Å². The van der Waals surface area contributed by atoms with Crippen LogP contribution < -0.4 is 10.5 Å². The zero-order chi connectivity index (χ0) is 13.4. The number of aryl methyl sites for hydroxylation is 1. The number of nitrogens with zero attached hydrogens (tertiary/aromatic N) is 2. The summed E-state index contributed by atoms with van der Waals surface area (Å²) in [4.78, 5) is 4.61. The van der Waals surface area contributed by atoms with Gasteiger partial charge in [0.25, 0.3) is 0 Å². The minimum Gasteiger partial charge on any atom is -0.493 e. The van der Waals surface area contributed by atoms with E-state index in [9.17, 15) is 0 Å². The lowest BCUT2D eigenvalue weighted by Crippen LogP contribution is -1.95. The van der Waals surface area contributed by atoms with Crippen LogP contribution in [0.5, 0.6) is 5.75 Å². The second-order valence-electron chi connectivity index (χ2n) is 4.49. The minimum atomic E-state index is 0.625. The first kappa shape index (κ1) is 11.6. The zero-order valence-electron chi connectivity index (χ0n) is 10.9. The number of fused-ring (bicyclic) bond motifs is 1. The number of rotatable bonds is 2. The standard InChI is InChI=1S/C15H15N3O/c1-10-5-3-6-11(9-10)13-14(16)18-8-4-7-12(19-2)15(18)17-13/h3-9H,16H2,1-2H3. The van der Waals surface area contributed by atoms with Crippen LogP contribution in [-0.4, -0.2) is 16.5 Å². The third-order valence-corrected chi connectivity index (χ3v) is 3.16. The first-order chi connectivity index (χ1) is 9.20. The summed E-state index contributed by atoms with van der Waals surface area (Å²) in [5.41, 5.74) is 9.91. The second-order valence-corrected chi connectivity index (χ2v) is 4.49. The van der Waals surface area contributed by atoms with Crippen LogP contribution in [0.25, 0.3) is 16.9 Å². The molecule has 0 saturated carbocycles. The minimum absolute atomic E-state index is 0.625. The SMILES string of the molecule is COc1cccn2c(N)c(-c3cccc(C)c3)nc12. The third-order valence-electron chi connectivity index (χ3n) is 3.16. The number of nitrogen functional groups attached to an aromatic ring is 1. The molecule has 0 aliphatic rings. The number of pyridine rings is 1.